The summed E-state index contributed by atoms with van der Waals surface area (Å²) in [6.45, 7) is 2.96. The zero-order valence-electron chi connectivity index (χ0n) is 11.3. The van der Waals surface area contributed by atoms with Crippen LogP contribution in [-0.4, -0.2) is 35.0 Å². The molecule has 0 spiro atoms. The number of rotatable bonds is 3. The number of nitrogens with one attached hydrogen (secondary N) is 1. The number of benzene rings is 1. The zero-order chi connectivity index (χ0) is 14.7. The van der Waals surface area contributed by atoms with Crippen LogP contribution in [0.5, 0.6) is 0 Å². The number of hydrogen-bond acceptors (Lipinski definition) is 4. The third-order valence-electron chi connectivity index (χ3n) is 3.50. The van der Waals surface area contributed by atoms with Crippen LogP contribution in [0.3, 0.4) is 0 Å². The lowest BCUT2D eigenvalue weighted by atomic mass is 10.1. The van der Waals surface area contributed by atoms with Crippen molar-refractivity contribution in [2.24, 2.45) is 5.73 Å². The first-order valence-electron chi connectivity index (χ1n) is 6.53. The van der Waals surface area contributed by atoms with Crippen LogP contribution in [0.15, 0.2) is 18.2 Å². The van der Waals surface area contributed by atoms with E-state index in [9.17, 15) is 14.9 Å². The van der Waals surface area contributed by atoms with E-state index in [0.717, 1.165) is 18.5 Å². The standard InChI is InChI=1S/C13H18N4O3/c1-9-7-10(4-5-12(9)17(19)20)15-11-3-2-6-16(8-11)13(14)18/h4-5,7,11,15H,2-3,6,8H2,1H3,(H2,14,18). The monoisotopic (exact) mass is 278 g/mol. The maximum absolute atomic E-state index is 11.2. The summed E-state index contributed by atoms with van der Waals surface area (Å²) in [6, 6.07) is 4.65. The molecular weight excluding hydrogens is 260 g/mol. The van der Waals surface area contributed by atoms with E-state index in [-0.39, 0.29) is 11.7 Å². The third-order valence-corrected chi connectivity index (χ3v) is 3.50. The molecule has 0 saturated carbocycles. The summed E-state index contributed by atoms with van der Waals surface area (Å²) in [5.74, 6) is 0. The van der Waals surface area contributed by atoms with E-state index in [2.05, 4.69) is 5.32 Å². The van der Waals surface area contributed by atoms with Gasteiger partial charge in [-0.3, -0.25) is 10.1 Å². The van der Waals surface area contributed by atoms with E-state index in [4.69, 9.17) is 5.73 Å². The highest BCUT2D eigenvalue weighted by atomic mass is 16.6. The molecule has 108 valence electrons. The van der Waals surface area contributed by atoms with E-state index >= 15 is 0 Å². The van der Waals surface area contributed by atoms with E-state index in [0.29, 0.717) is 18.7 Å². The van der Waals surface area contributed by atoms with Gasteiger partial charge in [0, 0.05) is 36.4 Å². The first-order chi connectivity index (χ1) is 9.47. The highest BCUT2D eigenvalue weighted by molar-refractivity contribution is 5.72. The first kappa shape index (κ1) is 14.1. The van der Waals surface area contributed by atoms with Crippen molar-refractivity contribution in [2.75, 3.05) is 18.4 Å². The summed E-state index contributed by atoms with van der Waals surface area (Å²) in [6.07, 6.45) is 1.84. The van der Waals surface area contributed by atoms with Gasteiger partial charge in [0.2, 0.25) is 0 Å². The van der Waals surface area contributed by atoms with Crippen LogP contribution in [0.2, 0.25) is 0 Å². The fourth-order valence-electron chi connectivity index (χ4n) is 2.48. The Morgan fingerprint density at radius 1 is 1.55 bits per heavy atom. The third kappa shape index (κ3) is 3.17. The van der Waals surface area contributed by atoms with Crippen LogP contribution in [0.25, 0.3) is 0 Å². The summed E-state index contributed by atoms with van der Waals surface area (Å²) >= 11 is 0. The van der Waals surface area contributed by atoms with Crippen molar-refractivity contribution in [3.63, 3.8) is 0 Å². The second-order valence-electron chi connectivity index (χ2n) is 5.03. The number of anilines is 1. The molecule has 1 aromatic carbocycles. The molecule has 1 atom stereocenters. The van der Waals surface area contributed by atoms with Crippen molar-refractivity contribution >= 4 is 17.4 Å². The maximum atomic E-state index is 11.2. The number of nitro groups is 1. The van der Waals surface area contributed by atoms with Gasteiger partial charge in [0.05, 0.1) is 4.92 Å². The zero-order valence-corrected chi connectivity index (χ0v) is 11.3. The number of carbonyl (C=O) groups is 1. The largest absolute Gasteiger partial charge is 0.381 e. The Morgan fingerprint density at radius 2 is 2.30 bits per heavy atom. The van der Waals surface area contributed by atoms with Crippen molar-refractivity contribution in [1.29, 1.82) is 0 Å². The number of carbonyl (C=O) groups excluding carboxylic acids is 1. The van der Waals surface area contributed by atoms with Gasteiger partial charge in [-0.05, 0) is 31.9 Å². The molecule has 0 aromatic heterocycles. The van der Waals surface area contributed by atoms with Gasteiger partial charge in [-0.15, -0.1) is 0 Å². The quantitative estimate of drug-likeness (QED) is 0.650. The average Bonchev–Trinajstić information content (AvgIpc) is 2.38. The number of amides is 2. The number of likely N-dealkylation sites (tertiary alicyclic amines) is 1. The minimum atomic E-state index is -0.406. The predicted molar refractivity (Wildman–Crippen MR) is 75.6 cm³/mol. The normalized spacial score (nSPS) is 18.6. The Morgan fingerprint density at radius 3 is 2.90 bits per heavy atom. The van der Waals surface area contributed by atoms with E-state index in [1.165, 1.54) is 6.07 Å². The highest BCUT2D eigenvalue weighted by Crippen LogP contribution is 2.23. The van der Waals surface area contributed by atoms with Crippen LogP contribution < -0.4 is 11.1 Å². The lowest BCUT2D eigenvalue weighted by Crippen LogP contribution is -2.47. The van der Waals surface area contributed by atoms with Gasteiger partial charge in [-0.25, -0.2) is 4.79 Å². The molecule has 2 amide bonds. The minimum Gasteiger partial charge on any atom is -0.381 e. The number of piperidine rings is 1. The molecule has 0 bridgehead atoms. The molecule has 1 aliphatic rings. The molecule has 7 nitrogen and oxygen atoms in total. The van der Waals surface area contributed by atoms with Gasteiger partial charge in [0.25, 0.3) is 5.69 Å². The van der Waals surface area contributed by atoms with E-state index in [1.807, 2.05) is 0 Å². The summed E-state index contributed by atoms with van der Waals surface area (Å²) in [7, 11) is 0. The molecule has 0 radical (unpaired) electrons. The van der Waals surface area contributed by atoms with Gasteiger partial charge in [0.1, 0.15) is 0 Å². The Hall–Kier alpha value is -2.31. The van der Waals surface area contributed by atoms with E-state index < -0.39 is 11.0 Å². The van der Waals surface area contributed by atoms with Crippen LogP contribution in [0.1, 0.15) is 18.4 Å². The summed E-state index contributed by atoms with van der Waals surface area (Å²) in [4.78, 5) is 23.2. The SMILES string of the molecule is Cc1cc(NC2CCCN(C(N)=O)C2)ccc1[N+](=O)[O-]. The molecule has 1 aliphatic heterocycles. The minimum absolute atomic E-state index is 0.109. The highest BCUT2D eigenvalue weighted by Gasteiger charge is 2.22. The van der Waals surface area contributed by atoms with Crippen LogP contribution in [0.4, 0.5) is 16.2 Å². The van der Waals surface area contributed by atoms with E-state index in [1.54, 1.807) is 24.0 Å². The second-order valence-corrected chi connectivity index (χ2v) is 5.03. The fraction of sp³-hybridized carbons (Fsp3) is 0.462. The Kier molecular flexibility index (Phi) is 4.07. The van der Waals surface area contributed by atoms with Crippen molar-refractivity contribution in [2.45, 2.75) is 25.8 Å². The van der Waals surface area contributed by atoms with Gasteiger partial charge >= 0.3 is 6.03 Å². The van der Waals surface area contributed by atoms with Crippen molar-refractivity contribution in [1.82, 2.24) is 4.90 Å². The van der Waals surface area contributed by atoms with Crippen molar-refractivity contribution in [3.05, 3.63) is 33.9 Å². The lowest BCUT2D eigenvalue weighted by molar-refractivity contribution is -0.385. The van der Waals surface area contributed by atoms with Crippen molar-refractivity contribution in [3.8, 4) is 0 Å². The molecule has 0 aliphatic carbocycles. The number of urea groups is 1. The molecule has 2 rings (SSSR count). The smallest absolute Gasteiger partial charge is 0.314 e. The van der Waals surface area contributed by atoms with Gasteiger partial charge in [-0.1, -0.05) is 0 Å². The van der Waals surface area contributed by atoms with Gasteiger partial charge in [0.15, 0.2) is 0 Å². The lowest BCUT2D eigenvalue weighted by Gasteiger charge is -2.32. The topological polar surface area (TPSA) is 102 Å². The molecule has 1 saturated heterocycles. The van der Waals surface area contributed by atoms with Crippen LogP contribution >= 0.6 is 0 Å². The summed E-state index contributed by atoms with van der Waals surface area (Å²) in [5, 5.41) is 14.1. The molecule has 1 aromatic rings. The number of hydrogen-bond donors (Lipinski definition) is 2. The second kappa shape index (κ2) is 5.77. The Bertz CT molecular complexity index is 532. The number of nitro benzene ring substituents is 1. The number of aryl methyl sites for hydroxylation is 1. The Balaban J connectivity index is 2.04. The number of nitrogens with zero attached hydrogens (tertiary/aromatic N) is 2. The van der Waals surface area contributed by atoms with Crippen molar-refractivity contribution < 1.29 is 9.72 Å². The Labute approximate surface area is 116 Å². The molecular formula is C13H18N4O3. The van der Waals surface area contributed by atoms with Crippen LogP contribution in [-0.2, 0) is 0 Å². The summed E-state index contributed by atoms with van der Waals surface area (Å²) < 4.78 is 0. The fourth-order valence-corrected chi connectivity index (χ4v) is 2.48. The average molecular weight is 278 g/mol. The maximum Gasteiger partial charge on any atom is 0.314 e. The predicted octanol–water partition coefficient (Wildman–Crippen LogP) is 1.86. The number of nitrogens with two attached hydrogens (primary N) is 1. The molecule has 20 heavy (non-hydrogen) atoms. The van der Waals surface area contributed by atoms with Gasteiger partial charge < -0.3 is 16.0 Å². The van der Waals surface area contributed by atoms with Crippen LogP contribution in [0, 0.1) is 17.0 Å². The molecule has 3 N–H and O–H groups in total. The van der Waals surface area contributed by atoms with Gasteiger partial charge in [-0.2, -0.15) is 0 Å². The molecule has 7 heteroatoms. The molecule has 1 heterocycles. The summed E-state index contributed by atoms with van der Waals surface area (Å²) in [5.41, 5.74) is 6.83. The molecule has 1 unspecified atom stereocenters. The number of primary amides is 1. The molecule has 1 fully saturated rings. The first-order valence-corrected chi connectivity index (χ1v) is 6.53.